The molecule has 6 heteroatoms. The molecule has 2 aromatic heterocycles. The van der Waals surface area contributed by atoms with Crippen LogP contribution in [0.15, 0.2) is 18.5 Å². The van der Waals surface area contributed by atoms with E-state index in [1.807, 2.05) is 37.5 Å². The summed E-state index contributed by atoms with van der Waals surface area (Å²) in [6.07, 6.45) is 4.75. The van der Waals surface area contributed by atoms with E-state index in [1.165, 1.54) is 0 Å². The second-order valence-electron chi connectivity index (χ2n) is 4.84. The van der Waals surface area contributed by atoms with E-state index in [0.717, 1.165) is 48.2 Å². The average molecular weight is 258 g/mol. The molecular formula is C13H18N6. The van der Waals surface area contributed by atoms with E-state index < -0.39 is 0 Å². The van der Waals surface area contributed by atoms with Crippen LogP contribution in [0.4, 0.5) is 17.5 Å². The molecule has 0 aromatic carbocycles. The summed E-state index contributed by atoms with van der Waals surface area (Å²) in [7, 11) is 3.92. The van der Waals surface area contributed by atoms with E-state index in [1.54, 1.807) is 0 Å². The highest BCUT2D eigenvalue weighted by Crippen LogP contribution is 2.25. The first-order valence-corrected chi connectivity index (χ1v) is 6.41. The van der Waals surface area contributed by atoms with Crippen LogP contribution in [-0.4, -0.2) is 35.6 Å². The lowest BCUT2D eigenvalue weighted by Gasteiger charge is -2.22. The van der Waals surface area contributed by atoms with Crippen LogP contribution in [0, 0.1) is 0 Å². The van der Waals surface area contributed by atoms with Gasteiger partial charge in [0.2, 0.25) is 5.95 Å². The Bertz CT molecular complexity index is 561. The Morgan fingerprint density at radius 1 is 1.32 bits per heavy atom. The van der Waals surface area contributed by atoms with E-state index in [-0.39, 0.29) is 0 Å². The molecule has 0 amide bonds. The maximum atomic E-state index is 4.63. The highest BCUT2D eigenvalue weighted by molar-refractivity contribution is 5.61. The first kappa shape index (κ1) is 12.0. The van der Waals surface area contributed by atoms with Gasteiger partial charge in [0, 0.05) is 51.6 Å². The monoisotopic (exact) mass is 258 g/mol. The van der Waals surface area contributed by atoms with Crippen molar-refractivity contribution in [3.63, 3.8) is 0 Å². The number of nitrogens with zero attached hydrogens (tertiary/aromatic N) is 3. The summed E-state index contributed by atoms with van der Waals surface area (Å²) >= 11 is 0. The molecule has 3 heterocycles. The molecule has 0 atom stereocenters. The molecule has 0 fully saturated rings. The maximum absolute atomic E-state index is 4.63. The average Bonchev–Trinajstić information content (AvgIpc) is 2.91. The third-order valence-electron chi connectivity index (χ3n) is 3.18. The van der Waals surface area contributed by atoms with Crippen molar-refractivity contribution in [2.75, 3.05) is 30.9 Å². The molecule has 1 aliphatic rings. The smallest absolute Gasteiger partial charge is 0.227 e. The van der Waals surface area contributed by atoms with E-state index in [2.05, 4.69) is 25.6 Å². The molecule has 100 valence electrons. The SMILES string of the molecule is CN(C)c1nc2c(c(Nc3cc[nH]c3)n1)CNCC2. The van der Waals surface area contributed by atoms with Crippen molar-refractivity contribution < 1.29 is 0 Å². The topological polar surface area (TPSA) is 68.9 Å². The highest BCUT2D eigenvalue weighted by atomic mass is 15.2. The van der Waals surface area contributed by atoms with Crippen LogP contribution in [0.25, 0.3) is 0 Å². The van der Waals surface area contributed by atoms with Crippen molar-refractivity contribution in [1.29, 1.82) is 0 Å². The Hall–Kier alpha value is -2.08. The molecule has 0 saturated heterocycles. The minimum absolute atomic E-state index is 0.749. The van der Waals surface area contributed by atoms with Gasteiger partial charge in [-0.3, -0.25) is 0 Å². The largest absolute Gasteiger partial charge is 0.366 e. The van der Waals surface area contributed by atoms with Crippen molar-refractivity contribution in [1.82, 2.24) is 20.3 Å². The fourth-order valence-electron chi connectivity index (χ4n) is 2.17. The quantitative estimate of drug-likeness (QED) is 0.773. The lowest BCUT2D eigenvalue weighted by molar-refractivity contribution is 0.627. The molecule has 0 saturated carbocycles. The van der Waals surface area contributed by atoms with E-state index >= 15 is 0 Å². The van der Waals surface area contributed by atoms with Crippen LogP contribution in [0.3, 0.4) is 0 Å². The summed E-state index contributed by atoms with van der Waals surface area (Å²) in [5.41, 5.74) is 3.31. The molecule has 0 unspecified atom stereocenters. The predicted molar refractivity (Wildman–Crippen MR) is 75.8 cm³/mol. The van der Waals surface area contributed by atoms with Crippen molar-refractivity contribution in [3.05, 3.63) is 29.7 Å². The number of fused-ring (bicyclic) bond motifs is 1. The van der Waals surface area contributed by atoms with Gasteiger partial charge >= 0.3 is 0 Å². The van der Waals surface area contributed by atoms with Gasteiger partial charge < -0.3 is 20.5 Å². The Balaban J connectivity index is 2.02. The van der Waals surface area contributed by atoms with E-state index in [4.69, 9.17) is 0 Å². The second-order valence-corrected chi connectivity index (χ2v) is 4.84. The van der Waals surface area contributed by atoms with Gasteiger partial charge in [0.25, 0.3) is 0 Å². The number of hydrogen-bond acceptors (Lipinski definition) is 5. The summed E-state index contributed by atoms with van der Waals surface area (Å²) in [4.78, 5) is 14.2. The van der Waals surface area contributed by atoms with Gasteiger partial charge in [-0.1, -0.05) is 0 Å². The van der Waals surface area contributed by atoms with Crippen LogP contribution in [0.1, 0.15) is 11.3 Å². The molecule has 0 bridgehead atoms. The minimum atomic E-state index is 0.749. The van der Waals surface area contributed by atoms with E-state index in [9.17, 15) is 0 Å². The van der Waals surface area contributed by atoms with Gasteiger partial charge in [0.05, 0.1) is 11.4 Å². The Morgan fingerprint density at radius 3 is 2.95 bits per heavy atom. The zero-order valence-electron chi connectivity index (χ0n) is 11.2. The molecule has 0 spiro atoms. The third kappa shape index (κ3) is 2.39. The summed E-state index contributed by atoms with van der Waals surface area (Å²) in [5, 5.41) is 6.73. The molecule has 19 heavy (non-hydrogen) atoms. The second kappa shape index (κ2) is 4.89. The summed E-state index contributed by atoms with van der Waals surface area (Å²) < 4.78 is 0. The minimum Gasteiger partial charge on any atom is -0.366 e. The zero-order valence-corrected chi connectivity index (χ0v) is 11.2. The first-order chi connectivity index (χ1) is 9.24. The molecule has 0 aliphatic carbocycles. The van der Waals surface area contributed by atoms with Crippen molar-refractivity contribution in [2.45, 2.75) is 13.0 Å². The highest BCUT2D eigenvalue weighted by Gasteiger charge is 2.18. The Kier molecular flexibility index (Phi) is 3.08. The van der Waals surface area contributed by atoms with Crippen molar-refractivity contribution in [2.24, 2.45) is 0 Å². The lowest BCUT2D eigenvalue weighted by atomic mass is 10.1. The zero-order chi connectivity index (χ0) is 13.2. The van der Waals surface area contributed by atoms with Crippen LogP contribution in [0.5, 0.6) is 0 Å². The summed E-state index contributed by atoms with van der Waals surface area (Å²) in [6.45, 7) is 1.79. The lowest BCUT2D eigenvalue weighted by Crippen LogP contribution is -2.27. The normalized spacial score (nSPS) is 14.0. The number of aromatic nitrogens is 3. The van der Waals surface area contributed by atoms with Gasteiger partial charge in [-0.15, -0.1) is 0 Å². The predicted octanol–water partition coefficient (Wildman–Crippen LogP) is 1.26. The van der Waals surface area contributed by atoms with Crippen LogP contribution >= 0.6 is 0 Å². The number of hydrogen-bond donors (Lipinski definition) is 3. The standard InChI is InChI=1S/C13H18N6/c1-19(2)13-17-11-4-6-15-8-10(11)12(18-13)16-9-3-5-14-7-9/h3,5,7,14-15H,4,6,8H2,1-2H3,(H,16,17,18). The number of anilines is 3. The van der Waals surface area contributed by atoms with Crippen molar-refractivity contribution in [3.8, 4) is 0 Å². The van der Waals surface area contributed by atoms with Crippen LogP contribution < -0.4 is 15.5 Å². The molecule has 2 aromatic rings. The molecular weight excluding hydrogens is 240 g/mol. The summed E-state index contributed by atoms with van der Waals surface area (Å²) in [6, 6.07) is 1.99. The number of aromatic amines is 1. The maximum Gasteiger partial charge on any atom is 0.227 e. The molecule has 3 rings (SSSR count). The molecule has 1 aliphatic heterocycles. The van der Waals surface area contributed by atoms with E-state index in [0.29, 0.717) is 0 Å². The molecule has 6 nitrogen and oxygen atoms in total. The van der Waals surface area contributed by atoms with Crippen LogP contribution in [0.2, 0.25) is 0 Å². The van der Waals surface area contributed by atoms with Crippen LogP contribution in [-0.2, 0) is 13.0 Å². The molecule has 0 radical (unpaired) electrons. The van der Waals surface area contributed by atoms with Gasteiger partial charge in [-0.2, -0.15) is 4.98 Å². The molecule has 3 N–H and O–H groups in total. The van der Waals surface area contributed by atoms with Gasteiger partial charge in [-0.25, -0.2) is 4.98 Å². The number of H-pyrrole nitrogens is 1. The van der Waals surface area contributed by atoms with Gasteiger partial charge in [0.15, 0.2) is 0 Å². The fraction of sp³-hybridized carbons (Fsp3) is 0.385. The van der Waals surface area contributed by atoms with Gasteiger partial charge in [-0.05, 0) is 6.07 Å². The first-order valence-electron chi connectivity index (χ1n) is 6.41. The number of nitrogens with one attached hydrogen (secondary N) is 3. The Morgan fingerprint density at radius 2 is 2.21 bits per heavy atom. The third-order valence-corrected chi connectivity index (χ3v) is 3.18. The Labute approximate surface area is 112 Å². The van der Waals surface area contributed by atoms with Gasteiger partial charge in [0.1, 0.15) is 5.82 Å². The summed E-state index contributed by atoms with van der Waals surface area (Å²) in [5.74, 6) is 1.64. The fourth-order valence-corrected chi connectivity index (χ4v) is 2.17. The van der Waals surface area contributed by atoms with Crippen molar-refractivity contribution >= 4 is 17.5 Å². The number of rotatable bonds is 3.